The highest BCUT2D eigenvalue weighted by atomic mass is 16.7. The molecule has 0 atom stereocenters. The quantitative estimate of drug-likeness (QED) is 0.569. The number of hydrogen-bond donors (Lipinski definition) is 0. The fourth-order valence-corrected chi connectivity index (χ4v) is 3.38. The Bertz CT molecular complexity index is 297. The summed E-state index contributed by atoms with van der Waals surface area (Å²) in [5.41, 5.74) is -0.301. The van der Waals surface area contributed by atoms with Crippen LogP contribution in [0, 0.1) is 5.41 Å². The molecule has 1 spiro atoms. The fraction of sp³-hybridized carbons (Fsp3) is 0.933. The standard InChI is InChI=1S/C15H26O4/c1-3-4-5-6-14(13(16)17-2)7-9-15(10-8-14)18-11-12-19-15/h3-12H2,1-2H3. The maximum absolute atomic E-state index is 12.2. The lowest BCUT2D eigenvalue weighted by molar-refractivity contribution is -0.199. The van der Waals surface area contributed by atoms with Gasteiger partial charge in [0.15, 0.2) is 5.79 Å². The zero-order valence-electron chi connectivity index (χ0n) is 12.2. The van der Waals surface area contributed by atoms with Gasteiger partial charge in [-0.3, -0.25) is 4.79 Å². The minimum atomic E-state index is -0.401. The number of methoxy groups -OCH3 is 1. The normalized spacial score (nSPS) is 24.5. The van der Waals surface area contributed by atoms with E-state index in [1.165, 1.54) is 20.0 Å². The predicted octanol–water partition coefficient (Wildman–Crippen LogP) is 3.04. The first-order valence-corrected chi connectivity index (χ1v) is 7.53. The Kier molecular flexibility index (Phi) is 4.85. The molecule has 19 heavy (non-hydrogen) atoms. The molecule has 1 aliphatic carbocycles. The van der Waals surface area contributed by atoms with Gasteiger partial charge in [0.25, 0.3) is 0 Å². The number of rotatable bonds is 5. The Morgan fingerprint density at radius 1 is 1.11 bits per heavy atom. The second-order valence-corrected chi connectivity index (χ2v) is 5.84. The summed E-state index contributed by atoms with van der Waals surface area (Å²) in [6.45, 7) is 3.54. The van der Waals surface area contributed by atoms with Gasteiger partial charge in [0.1, 0.15) is 0 Å². The summed E-state index contributed by atoms with van der Waals surface area (Å²) < 4.78 is 16.5. The van der Waals surface area contributed by atoms with Gasteiger partial charge >= 0.3 is 5.97 Å². The lowest BCUT2D eigenvalue weighted by Gasteiger charge is -2.41. The third-order valence-electron chi connectivity index (χ3n) is 4.66. The minimum absolute atomic E-state index is 0.0450. The molecule has 1 heterocycles. The summed E-state index contributed by atoms with van der Waals surface area (Å²) in [5, 5.41) is 0. The highest BCUT2D eigenvalue weighted by Gasteiger charge is 2.49. The van der Waals surface area contributed by atoms with E-state index in [1.807, 2.05) is 0 Å². The molecule has 2 fully saturated rings. The van der Waals surface area contributed by atoms with Gasteiger partial charge in [0.05, 0.1) is 25.7 Å². The fourth-order valence-electron chi connectivity index (χ4n) is 3.38. The van der Waals surface area contributed by atoms with Crippen LogP contribution in [-0.4, -0.2) is 32.1 Å². The van der Waals surface area contributed by atoms with E-state index in [-0.39, 0.29) is 11.4 Å². The largest absolute Gasteiger partial charge is 0.469 e. The highest BCUT2D eigenvalue weighted by Crippen LogP contribution is 2.48. The molecule has 110 valence electrons. The monoisotopic (exact) mass is 270 g/mol. The van der Waals surface area contributed by atoms with Crippen LogP contribution in [-0.2, 0) is 19.0 Å². The first kappa shape index (κ1) is 14.8. The molecule has 0 amide bonds. The second-order valence-electron chi connectivity index (χ2n) is 5.84. The molecule has 1 saturated carbocycles. The van der Waals surface area contributed by atoms with E-state index in [1.54, 1.807) is 0 Å². The van der Waals surface area contributed by atoms with Gasteiger partial charge in [-0.2, -0.15) is 0 Å². The highest BCUT2D eigenvalue weighted by molar-refractivity contribution is 5.76. The first-order valence-electron chi connectivity index (χ1n) is 7.53. The van der Waals surface area contributed by atoms with Gasteiger partial charge < -0.3 is 14.2 Å². The average Bonchev–Trinajstić information content (AvgIpc) is 2.89. The van der Waals surface area contributed by atoms with E-state index in [4.69, 9.17) is 14.2 Å². The zero-order chi connectivity index (χ0) is 13.8. The van der Waals surface area contributed by atoms with Crippen LogP contribution in [0.15, 0.2) is 0 Å². The summed E-state index contributed by atoms with van der Waals surface area (Å²) >= 11 is 0. The Morgan fingerprint density at radius 3 is 2.26 bits per heavy atom. The van der Waals surface area contributed by atoms with Crippen LogP contribution in [0.5, 0.6) is 0 Å². The summed E-state index contributed by atoms with van der Waals surface area (Å²) in [7, 11) is 1.50. The van der Waals surface area contributed by atoms with Crippen LogP contribution in [0.25, 0.3) is 0 Å². The Morgan fingerprint density at radius 2 is 1.74 bits per heavy atom. The van der Waals surface area contributed by atoms with E-state index in [2.05, 4.69) is 6.92 Å². The van der Waals surface area contributed by atoms with Crippen LogP contribution < -0.4 is 0 Å². The number of carbonyl (C=O) groups is 1. The molecule has 0 radical (unpaired) electrons. The number of hydrogen-bond acceptors (Lipinski definition) is 4. The first-order chi connectivity index (χ1) is 9.16. The third kappa shape index (κ3) is 3.11. The van der Waals surface area contributed by atoms with Crippen molar-refractivity contribution in [2.24, 2.45) is 5.41 Å². The van der Waals surface area contributed by atoms with Gasteiger partial charge in [0, 0.05) is 12.8 Å². The predicted molar refractivity (Wildman–Crippen MR) is 71.7 cm³/mol. The van der Waals surface area contributed by atoms with Crippen LogP contribution in [0.4, 0.5) is 0 Å². The van der Waals surface area contributed by atoms with Gasteiger partial charge in [-0.1, -0.05) is 26.2 Å². The van der Waals surface area contributed by atoms with Crippen LogP contribution in [0.2, 0.25) is 0 Å². The van der Waals surface area contributed by atoms with Crippen molar-refractivity contribution < 1.29 is 19.0 Å². The topological polar surface area (TPSA) is 44.8 Å². The molecule has 0 N–H and O–H groups in total. The minimum Gasteiger partial charge on any atom is -0.469 e. The van der Waals surface area contributed by atoms with Gasteiger partial charge in [-0.15, -0.1) is 0 Å². The van der Waals surface area contributed by atoms with Crippen molar-refractivity contribution in [2.75, 3.05) is 20.3 Å². The van der Waals surface area contributed by atoms with Crippen LogP contribution >= 0.6 is 0 Å². The number of carbonyl (C=O) groups excluding carboxylic acids is 1. The van der Waals surface area contributed by atoms with Crippen molar-refractivity contribution in [1.82, 2.24) is 0 Å². The average molecular weight is 270 g/mol. The van der Waals surface area contributed by atoms with E-state index in [9.17, 15) is 4.79 Å². The molecule has 2 rings (SSSR count). The molecule has 1 saturated heterocycles. The molecule has 0 bridgehead atoms. The second kappa shape index (κ2) is 6.23. The van der Waals surface area contributed by atoms with E-state index < -0.39 is 5.79 Å². The molecular formula is C15H26O4. The van der Waals surface area contributed by atoms with E-state index in [0.717, 1.165) is 38.5 Å². The van der Waals surface area contributed by atoms with Gasteiger partial charge in [-0.25, -0.2) is 0 Å². The Balaban J connectivity index is 1.98. The molecule has 1 aliphatic heterocycles. The summed E-state index contributed by atoms with van der Waals surface area (Å²) in [4.78, 5) is 12.2. The maximum atomic E-state index is 12.2. The molecule has 4 nitrogen and oxygen atoms in total. The molecule has 2 aliphatic rings. The smallest absolute Gasteiger partial charge is 0.311 e. The molecular weight excluding hydrogens is 244 g/mol. The number of esters is 1. The SMILES string of the molecule is CCCCCC1(C(=O)OC)CCC2(CC1)OCCO2. The van der Waals surface area contributed by atoms with Crippen molar-refractivity contribution >= 4 is 5.97 Å². The maximum Gasteiger partial charge on any atom is 0.311 e. The lowest BCUT2D eigenvalue weighted by Crippen LogP contribution is -2.44. The lowest BCUT2D eigenvalue weighted by atomic mass is 9.69. The Labute approximate surface area is 115 Å². The van der Waals surface area contributed by atoms with E-state index in [0.29, 0.717) is 13.2 Å². The summed E-state index contributed by atoms with van der Waals surface area (Å²) in [6, 6.07) is 0. The van der Waals surface area contributed by atoms with Crippen LogP contribution in [0.3, 0.4) is 0 Å². The van der Waals surface area contributed by atoms with E-state index >= 15 is 0 Å². The molecule has 0 aromatic heterocycles. The molecule has 0 aromatic carbocycles. The zero-order valence-corrected chi connectivity index (χ0v) is 12.2. The third-order valence-corrected chi connectivity index (χ3v) is 4.66. The van der Waals surface area contributed by atoms with Crippen molar-refractivity contribution in [2.45, 2.75) is 64.1 Å². The molecule has 0 aromatic rings. The van der Waals surface area contributed by atoms with Gasteiger partial charge in [-0.05, 0) is 19.3 Å². The molecule has 0 unspecified atom stereocenters. The number of unbranched alkanes of at least 4 members (excludes halogenated alkanes) is 2. The van der Waals surface area contributed by atoms with Crippen molar-refractivity contribution in [3.8, 4) is 0 Å². The van der Waals surface area contributed by atoms with Crippen molar-refractivity contribution in [3.63, 3.8) is 0 Å². The van der Waals surface area contributed by atoms with Crippen molar-refractivity contribution in [3.05, 3.63) is 0 Å². The summed E-state index contributed by atoms with van der Waals surface area (Å²) in [6.07, 6.45) is 7.66. The number of ether oxygens (including phenoxy) is 3. The van der Waals surface area contributed by atoms with Gasteiger partial charge in [0.2, 0.25) is 0 Å². The van der Waals surface area contributed by atoms with Crippen molar-refractivity contribution in [1.29, 1.82) is 0 Å². The molecule has 4 heteroatoms. The Hall–Kier alpha value is -0.610. The van der Waals surface area contributed by atoms with Crippen LogP contribution in [0.1, 0.15) is 58.3 Å². The summed E-state index contributed by atoms with van der Waals surface area (Å²) in [5.74, 6) is -0.445.